The van der Waals surface area contributed by atoms with E-state index in [0.717, 1.165) is 15.6 Å². The molecule has 0 aliphatic carbocycles. The molecule has 6 heteroatoms. The first-order valence-electron chi connectivity index (χ1n) is 5.49. The standard InChI is InChI=1S/C11H15N3O2S/c1-6-11(17-8(3)13-6)7(2)14-5-9(15)12-4-10(14)16/h7H,4-5H2,1-3H3,(H,12,15). The lowest BCUT2D eigenvalue weighted by atomic mass is 10.2. The van der Waals surface area contributed by atoms with Gasteiger partial charge in [-0.25, -0.2) is 4.98 Å². The summed E-state index contributed by atoms with van der Waals surface area (Å²) in [5, 5.41) is 3.53. The number of rotatable bonds is 2. The van der Waals surface area contributed by atoms with Gasteiger partial charge in [-0.3, -0.25) is 9.59 Å². The Kier molecular flexibility index (Phi) is 3.15. The van der Waals surface area contributed by atoms with Crippen LogP contribution in [0.25, 0.3) is 0 Å². The van der Waals surface area contributed by atoms with Crippen LogP contribution in [0.5, 0.6) is 0 Å². The predicted molar refractivity (Wildman–Crippen MR) is 64.7 cm³/mol. The quantitative estimate of drug-likeness (QED) is 0.847. The van der Waals surface area contributed by atoms with Crippen molar-refractivity contribution in [2.24, 2.45) is 0 Å². The van der Waals surface area contributed by atoms with E-state index in [1.54, 1.807) is 16.2 Å². The summed E-state index contributed by atoms with van der Waals surface area (Å²) >= 11 is 1.58. The number of hydrogen-bond acceptors (Lipinski definition) is 4. The molecule has 2 rings (SSSR count). The number of nitrogens with one attached hydrogen (secondary N) is 1. The smallest absolute Gasteiger partial charge is 0.242 e. The number of carbonyl (C=O) groups excluding carboxylic acids is 2. The van der Waals surface area contributed by atoms with Gasteiger partial charge in [-0.15, -0.1) is 11.3 Å². The number of carbonyl (C=O) groups is 2. The van der Waals surface area contributed by atoms with E-state index in [9.17, 15) is 9.59 Å². The Balaban J connectivity index is 2.24. The van der Waals surface area contributed by atoms with E-state index >= 15 is 0 Å². The maximum atomic E-state index is 11.8. The molecule has 1 unspecified atom stereocenters. The Labute approximate surface area is 104 Å². The summed E-state index contributed by atoms with van der Waals surface area (Å²) in [4.78, 5) is 30.1. The maximum absolute atomic E-state index is 11.8. The van der Waals surface area contributed by atoms with E-state index in [1.807, 2.05) is 20.8 Å². The summed E-state index contributed by atoms with van der Waals surface area (Å²) < 4.78 is 0. The van der Waals surface area contributed by atoms with Crippen molar-refractivity contribution < 1.29 is 9.59 Å². The van der Waals surface area contributed by atoms with Crippen LogP contribution in [0.3, 0.4) is 0 Å². The molecule has 1 saturated heterocycles. The van der Waals surface area contributed by atoms with Gasteiger partial charge in [0.05, 0.1) is 23.3 Å². The molecule has 1 aromatic rings. The third-order valence-electron chi connectivity index (χ3n) is 2.86. The van der Waals surface area contributed by atoms with Crippen molar-refractivity contribution in [2.45, 2.75) is 26.8 Å². The van der Waals surface area contributed by atoms with Crippen LogP contribution >= 0.6 is 11.3 Å². The number of hydrogen-bond donors (Lipinski definition) is 1. The normalized spacial score (nSPS) is 18.2. The van der Waals surface area contributed by atoms with Crippen molar-refractivity contribution in [1.29, 1.82) is 0 Å². The monoisotopic (exact) mass is 253 g/mol. The minimum Gasteiger partial charge on any atom is -0.345 e. The molecule has 1 N–H and O–H groups in total. The van der Waals surface area contributed by atoms with E-state index in [0.29, 0.717) is 0 Å². The lowest BCUT2D eigenvalue weighted by molar-refractivity contribution is -0.142. The predicted octanol–water partition coefficient (Wildman–Crippen LogP) is 0.779. The number of aryl methyl sites for hydroxylation is 2. The zero-order valence-electron chi connectivity index (χ0n) is 10.1. The third-order valence-corrected chi connectivity index (χ3v) is 4.10. The molecule has 5 nitrogen and oxygen atoms in total. The minimum absolute atomic E-state index is 0.0393. The van der Waals surface area contributed by atoms with Crippen molar-refractivity contribution >= 4 is 23.2 Å². The minimum atomic E-state index is -0.102. The second-order valence-corrected chi connectivity index (χ2v) is 5.39. The summed E-state index contributed by atoms with van der Waals surface area (Å²) in [5.41, 5.74) is 0.943. The van der Waals surface area contributed by atoms with Crippen molar-refractivity contribution in [3.63, 3.8) is 0 Å². The molecule has 2 heterocycles. The van der Waals surface area contributed by atoms with Crippen LogP contribution in [0.1, 0.15) is 28.5 Å². The summed E-state index contributed by atoms with van der Waals surface area (Å²) in [6.45, 7) is 6.05. The van der Waals surface area contributed by atoms with Crippen LogP contribution in [-0.4, -0.2) is 34.8 Å². The van der Waals surface area contributed by atoms with Crippen LogP contribution in [0.4, 0.5) is 0 Å². The molecule has 1 aliphatic rings. The van der Waals surface area contributed by atoms with E-state index < -0.39 is 0 Å². The Morgan fingerprint density at radius 3 is 2.71 bits per heavy atom. The van der Waals surface area contributed by atoms with Crippen molar-refractivity contribution in [3.8, 4) is 0 Å². The largest absolute Gasteiger partial charge is 0.345 e. The van der Waals surface area contributed by atoms with Gasteiger partial charge in [0, 0.05) is 4.88 Å². The average molecular weight is 253 g/mol. The molecule has 0 aromatic carbocycles. The van der Waals surface area contributed by atoms with Gasteiger partial charge in [-0.05, 0) is 20.8 Å². The van der Waals surface area contributed by atoms with E-state index in [-0.39, 0.29) is 30.9 Å². The third kappa shape index (κ3) is 2.31. The molecule has 2 amide bonds. The maximum Gasteiger partial charge on any atom is 0.242 e. The lowest BCUT2D eigenvalue weighted by Crippen LogP contribution is -2.52. The van der Waals surface area contributed by atoms with Crippen LogP contribution in [0.2, 0.25) is 0 Å². The number of nitrogens with zero attached hydrogens (tertiary/aromatic N) is 2. The van der Waals surface area contributed by atoms with Gasteiger partial charge in [-0.1, -0.05) is 0 Å². The Morgan fingerprint density at radius 1 is 1.41 bits per heavy atom. The highest BCUT2D eigenvalue weighted by atomic mass is 32.1. The number of piperazine rings is 1. The summed E-state index contributed by atoms with van der Waals surface area (Å²) in [5.74, 6) is -0.141. The first kappa shape index (κ1) is 12.0. The highest BCUT2D eigenvalue weighted by Gasteiger charge is 2.29. The van der Waals surface area contributed by atoms with Gasteiger partial charge in [0.2, 0.25) is 11.8 Å². The molecular formula is C11H15N3O2S. The van der Waals surface area contributed by atoms with Crippen molar-refractivity contribution in [1.82, 2.24) is 15.2 Å². The molecular weight excluding hydrogens is 238 g/mol. The molecule has 1 atom stereocenters. The van der Waals surface area contributed by atoms with Crippen molar-refractivity contribution in [2.75, 3.05) is 13.1 Å². The van der Waals surface area contributed by atoms with Gasteiger partial charge in [-0.2, -0.15) is 0 Å². The van der Waals surface area contributed by atoms with Crippen molar-refractivity contribution in [3.05, 3.63) is 15.6 Å². The fourth-order valence-electron chi connectivity index (χ4n) is 2.00. The molecule has 0 bridgehead atoms. The number of thiazole rings is 1. The SMILES string of the molecule is Cc1nc(C)c(C(C)N2CC(=O)NCC2=O)s1. The average Bonchev–Trinajstić information content (AvgIpc) is 2.60. The molecule has 0 spiro atoms. The zero-order chi connectivity index (χ0) is 12.6. The van der Waals surface area contributed by atoms with Gasteiger partial charge in [0.1, 0.15) is 6.54 Å². The van der Waals surface area contributed by atoms with E-state index in [4.69, 9.17) is 0 Å². The number of aromatic nitrogens is 1. The number of amides is 2. The first-order valence-corrected chi connectivity index (χ1v) is 6.30. The fraction of sp³-hybridized carbons (Fsp3) is 0.545. The fourth-order valence-corrected chi connectivity index (χ4v) is 3.00. The first-order chi connectivity index (χ1) is 7.99. The molecule has 17 heavy (non-hydrogen) atoms. The second-order valence-electron chi connectivity index (χ2n) is 4.16. The Bertz CT molecular complexity index is 469. The van der Waals surface area contributed by atoms with E-state index in [2.05, 4.69) is 10.3 Å². The molecule has 1 aliphatic heterocycles. The summed E-state index contributed by atoms with van der Waals surface area (Å²) in [6.07, 6.45) is 0. The second kappa shape index (κ2) is 4.44. The van der Waals surface area contributed by atoms with Gasteiger partial charge < -0.3 is 10.2 Å². The van der Waals surface area contributed by atoms with Crippen LogP contribution < -0.4 is 5.32 Å². The highest BCUT2D eigenvalue weighted by Crippen LogP contribution is 2.29. The molecule has 1 fully saturated rings. The zero-order valence-corrected chi connectivity index (χ0v) is 10.9. The van der Waals surface area contributed by atoms with E-state index in [1.165, 1.54) is 0 Å². The summed E-state index contributed by atoms with van der Waals surface area (Å²) in [6, 6.07) is -0.0836. The Hall–Kier alpha value is -1.43. The van der Waals surface area contributed by atoms with Crippen LogP contribution in [0.15, 0.2) is 0 Å². The molecule has 92 valence electrons. The topological polar surface area (TPSA) is 62.3 Å². The van der Waals surface area contributed by atoms with Gasteiger partial charge in [0.25, 0.3) is 0 Å². The summed E-state index contributed by atoms with van der Waals surface area (Å²) in [7, 11) is 0. The molecule has 0 radical (unpaired) electrons. The van der Waals surface area contributed by atoms with Crippen LogP contribution in [0, 0.1) is 13.8 Å². The lowest BCUT2D eigenvalue weighted by Gasteiger charge is -2.31. The van der Waals surface area contributed by atoms with Gasteiger partial charge in [0.15, 0.2) is 0 Å². The molecule has 1 aromatic heterocycles. The van der Waals surface area contributed by atoms with Crippen LogP contribution in [-0.2, 0) is 9.59 Å². The van der Waals surface area contributed by atoms with Gasteiger partial charge >= 0.3 is 0 Å². The molecule has 0 saturated carbocycles. The Morgan fingerprint density at radius 2 is 2.12 bits per heavy atom. The highest BCUT2D eigenvalue weighted by molar-refractivity contribution is 7.11.